The van der Waals surface area contributed by atoms with Gasteiger partial charge in [0.2, 0.25) is 5.88 Å². The highest BCUT2D eigenvalue weighted by atomic mass is 16.5. The summed E-state index contributed by atoms with van der Waals surface area (Å²) in [5, 5.41) is 11.9. The molecule has 92 valence electrons. The van der Waals surface area contributed by atoms with Crippen LogP contribution in [0.15, 0.2) is 18.3 Å². The van der Waals surface area contributed by atoms with Crippen molar-refractivity contribution >= 4 is 5.91 Å². The van der Waals surface area contributed by atoms with E-state index in [1.54, 1.807) is 12.1 Å². The average Bonchev–Trinajstić information content (AvgIpc) is 2.33. The molecule has 1 saturated carbocycles. The lowest BCUT2D eigenvalue weighted by atomic mass is 9.82. The van der Waals surface area contributed by atoms with Gasteiger partial charge in [-0.3, -0.25) is 4.79 Å². The van der Waals surface area contributed by atoms with Crippen molar-refractivity contribution in [3.8, 4) is 5.88 Å². The molecular formula is C12H16N2O3. The summed E-state index contributed by atoms with van der Waals surface area (Å²) >= 11 is 0. The van der Waals surface area contributed by atoms with Gasteiger partial charge in [-0.2, -0.15) is 0 Å². The Labute approximate surface area is 99.8 Å². The second-order valence-electron chi connectivity index (χ2n) is 4.29. The summed E-state index contributed by atoms with van der Waals surface area (Å²) in [6.45, 7) is 0.613. The highest BCUT2D eigenvalue weighted by Gasteiger charge is 2.27. The lowest BCUT2D eigenvalue weighted by Crippen LogP contribution is -2.38. The van der Waals surface area contributed by atoms with Gasteiger partial charge < -0.3 is 15.2 Å². The first-order valence-corrected chi connectivity index (χ1v) is 5.65. The Morgan fingerprint density at radius 2 is 2.35 bits per heavy atom. The van der Waals surface area contributed by atoms with Crippen molar-refractivity contribution in [2.75, 3.05) is 13.7 Å². The molecule has 5 heteroatoms. The Kier molecular flexibility index (Phi) is 3.58. The third-order valence-electron chi connectivity index (χ3n) is 2.97. The van der Waals surface area contributed by atoms with Gasteiger partial charge in [0.25, 0.3) is 5.91 Å². The Bertz CT molecular complexity index is 385. The number of aromatic nitrogens is 1. The maximum absolute atomic E-state index is 11.7. The first-order chi connectivity index (χ1) is 8.19. The third-order valence-corrected chi connectivity index (χ3v) is 2.97. The maximum atomic E-state index is 11.7. The predicted molar refractivity (Wildman–Crippen MR) is 61.9 cm³/mol. The van der Waals surface area contributed by atoms with Crippen LogP contribution in [0.25, 0.3) is 0 Å². The van der Waals surface area contributed by atoms with Crippen molar-refractivity contribution in [2.24, 2.45) is 5.92 Å². The van der Waals surface area contributed by atoms with Gasteiger partial charge in [-0.25, -0.2) is 4.98 Å². The van der Waals surface area contributed by atoms with Crippen LogP contribution in [-0.2, 0) is 0 Å². The smallest absolute Gasteiger partial charge is 0.252 e. The van der Waals surface area contributed by atoms with E-state index in [-0.39, 0.29) is 12.0 Å². The molecule has 1 aliphatic carbocycles. The van der Waals surface area contributed by atoms with Gasteiger partial charge >= 0.3 is 0 Å². The van der Waals surface area contributed by atoms with Crippen molar-refractivity contribution in [1.82, 2.24) is 10.3 Å². The third kappa shape index (κ3) is 2.94. The second kappa shape index (κ2) is 5.14. The Balaban J connectivity index is 1.82. The van der Waals surface area contributed by atoms with E-state index in [9.17, 15) is 4.79 Å². The number of carbonyl (C=O) groups is 1. The number of methoxy groups -OCH3 is 1. The van der Waals surface area contributed by atoms with E-state index in [1.807, 2.05) is 0 Å². The zero-order valence-electron chi connectivity index (χ0n) is 9.72. The highest BCUT2D eigenvalue weighted by Crippen LogP contribution is 2.26. The lowest BCUT2D eigenvalue weighted by molar-refractivity contribution is 0.0420. The fourth-order valence-corrected chi connectivity index (χ4v) is 1.84. The normalized spacial score (nSPS) is 22.7. The van der Waals surface area contributed by atoms with Gasteiger partial charge in [0, 0.05) is 18.8 Å². The monoisotopic (exact) mass is 236 g/mol. The minimum Gasteiger partial charge on any atom is -0.481 e. The van der Waals surface area contributed by atoms with Crippen LogP contribution in [0.4, 0.5) is 0 Å². The molecule has 0 atom stereocenters. The van der Waals surface area contributed by atoms with Crippen LogP contribution in [0.1, 0.15) is 23.2 Å². The molecule has 0 saturated heterocycles. The number of amides is 1. The molecule has 0 aliphatic heterocycles. The number of aliphatic hydroxyl groups is 1. The molecule has 0 radical (unpaired) electrons. The molecule has 0 spiro atoms. The summed E-state index contributed by atoms with van der Waals surface area (Å²) in [4.78, 5) is 15.7. The molecule has 0 unspecified atom stereocenters. The van der Waals surface area contributed by atoms with Gasteiger partial charge in [-0.15, -0.1) is 0 Å². The van der Waals surface area contributed by atoms with Gasteiger partial charge in [0.15, 0.2) is 0 Å². The van der Waals surface area contributed by atoms with Crippen LogP contribution in [-0.4, -0.2) is 35.8 Å². The SMILES string of the molecule is COc1ccc(C(=O)NCC2CC(O)C2)cn1. The maximum Gasteiger partial charge on any atom is 0.252 e. The molecule has 1 fully saturated rings. The zero-order chi connectivity index (χ0) is 12.3. The quantitative estimate of drug-likeness (QED) is 0.802. The fourth-order valence-electron chi connectivity index (χ4n) is 1.84. The molecular weight excluding hydrogens is 220 g/mol. The largest absolute Gasteiger partial charge is 0.481 e. The summed E-state index contributed by atoms with van der Waals surface area (Å²) in [5.74, 6) is 0.755. The fraction of sp³-hybridized carbons (Fsp3) is 0.500. The Morgan fingerprint density at radius 3 is 2.88 bits per heavy atom. The highest BCUT2D eigenvalue weighted by molar-refractivity contribution is 5.93. The summed E-state index contributed by atoms with van der Waals surface area (Å²) in [5.41, 5.74) is 0.519. The summed E-state index contributed by atoms with van der Waals surface area (Å²) in [7, 11) is 1.53. The average molecular weight is 236 g/mol. The number of carbonyl (C=O) groups excluding carboxylic acids is 1. The standard InChI is InChI=1S/C12H16N2O3/c1-17-11-3-2-9(7-13-11)12(16)14-6-8-4-10(15)5-8/h2-3,7-8,10,15H,4-6H2,1H3,(H,14,16). The van der Waals surface area contributed by atoms with Crippen LogP contribution < -0.4 is 10.1 Å². The molecule has 0 aromatic carbocycles. The van der Waals surface area contributed by atoms with Crippen molar-refractivity contribution < 1.29 is 14.6 Å². The van der Waals surface area contributed by atoms with E-state index < -0.39 is 0 Å². The van der Waals surface area contributed by atoms with Crippen molar-refractivity contribution in [3.63, 3.8) is 0 Å². The molecule has 1 aromatic rings. The molecule has 1 aromatic heterocycles. The van der Waals surface area contributed by atoms with Gasteiger partial charge in [-0.1, -0.05) is 0 Å². The lowest BCUT2D eigenvalue weighted by Gasteiger charge is -2.31. The van der Waals surface area contributed by atoms with Crippen LogP contribution in [0.3, 0.4) is 0 Å². The summed E-state index contributed by atoms with van der Waals surface area (Å²) in [6.07, 6.45) is 2.87. The zero-order valence-corrected chi connectivity index (χ0v) is 9.72. The van der Waals surface area contributed by atoms with Crippen LogP contribution >= 0.6 is 0 Å². The molecule has 0 bridgehead atoms. The molecule has 2 rings (SSSR count). The number of rotatable bonds is 4. The number of ether oxygens (including phenoxy) is 1. The van der Waals surface area contributed by atoms with E-state index in [0.717, 1.165) is 12.8 Å². The minimum absolute atomic E-state index is 0.137. The second-order valence-corrected chi connectivity index (χ2v) is 4.29. The molecule has 1 heterocycles. The van der Waals surface area contributed by atoms with Crippen molar-refractivity contribution in [2.45, 2.75) is 18.9 Å². The number of pyridine rings is 1. The first kappa shape index (κ1) is 11.9. The van der Waals surface area contributed by atoms with Crippen LogP contribution in [0.2, 0.25) is 0 Å². The summed E-state index contributed by atoms with van der Waals surface area (Å²) in [6, 6.07) is 3.33. The van der Waals surface area contributed by atoms with E-state index in [0.29, 0.717) is 23.9 Å². The van der Waals surface area contributed by atoms with E-state index in [2.05, 4.69) is 10.3 Å². The first-order valence-electron chi connectivity index (χ1n) is 5.65. The van der Waals surface area contributed by atoms with Crippen molar-refractivity contribution in [1.29, 1.82) is 0 Å². The van der Waals surface area contributed by atoms with E-state index in [1.165, 1.54) is 13.3 Å². The Morgan fingerprint density at radius 1 is 1.59 bits per heavy atom. The molecule has 2 N–H and O–H groups in total. The van der Waals surface area contributed by atoms with Gasteiger partial charge in [0.1, 0.15) is 0 Å². The number of hydrogen-bond acceptors (Lipinski definition) is 4. The van der Waals surface area contributed by atoms with Gasteiger partial charge in [-0.05, 0) is 24.8 Å². The summed E-state index contributed by atoms with van der Waals surface area (Å²) < 4.78 is 4.91. The van der Waals surface area contributed by atoms with Gasteiger partial charge in [0.05, 0.1) is 18.8 Å². The topological polar surface area (TPSA) is 71.5 Å². The predicted octanol–water partition coefficient (Wildman–Crippen LogP) is 0.591. The van der Waals surface area contributed by atoms with Crippen LogP contribution in [0, 0.1) is 5.92 Å². The Hall–Kier alpha value is -1.62. The number of hydrogen-bond donors (Lipinski definition) is 2. The van der Waals surface area contributed by atoms with E-state index >= 15 is 0 Å². The van der Waals surface area contributed by atoms with E-state index in [4.69, 9.17) is 9.84 Å². The molecule has 1 aliphatic rings. The number of nitrogens with zero attached hydrogens (tertiary/aromatic N) is 1. The van der Waals surface area contributed by atoms with Crippen molar-refractivity contribution in [3.05, 3.63) is 23.9 Å². The number of nitrogens with one attached hydrogen (secondary N) is 1. The minimum atomic E-state index is -0.181. The molecule has 5 nitrogen and oxygen atoms in total. The molecule has 1 amide bonds. The number of aliphatic hydroxyl groups excluding tert-OH is 1. The molecule has 17 heavy (non-hydrogen) atoms. The van der Waals surface area contributed by atoms with Crippen LogP contribution in [0.5, 0.6) is 5.88 Å².